The lowest BCUT2D eigenvalue weighted by Gasteiger charge is -2.13. The normalized spacial score (nSPS) is 15.3. The molecule has 3 amide bonds. The van der Waals surface area contributed by atoms with E-state index in [1.165, 1.54) is 0 Å². The van der Waals surface area contributed by atoms with E-state index in [2.05, 4.69) is 32.7 Å². The molecule has 0 aliphatic carbocycles. The first-order chi connectivity index (χ1) is 15.0. The molecule has 6 nitrogen and oxygen atoms in total. The number of halogens is 1. The van der Waals surface area contributed by atoms with Gasteiger partial charge in [0.15, 0.2) is 0 Å². The number of rotatable bonds is 6. The Morgan fingerprint density at radius 3 is 2.65 bits per heavy atom. The number of nitrogens with one attached hydrogen (secondary N) is 1. The number of aromatic nitrogens is 1. The van der Waals surface area contributed by atoms with Crippen LogP contribution in [-0.2, 0) is 16.1 Å². The number of nitrogens with zero attached hydrogens (tertiary/aromatic N) is 2. The maximum Gasteiger partial charge on any atom is 0.294 e. The molecule has 1 aliphatic heterocycles. The van der Waals surface area contributed by atoms with Crippen LogP contribution in [0.2, 0.25) is 0 Å². The molecule has 0 bridgehead atoms. The van der Waals surface area contributed by atoms with Gasteiger partial charge in [0, 0.05) is 33.7 Å². The molecule has 1 fully saturated rings. The number of anilines is 1. The van der Waals surface area contributed by atoms with Gasteiger partial charge in [-0.05, 0) is 58.4 Å². The van der Waals surface area contributed by atoms with Crippen LogP contribution in [-0.4, -0.2) is 33.1 Å². The third kappa shape index (κ3) is 4.45. The fourth-order valence-electron chi connectivity index (χ4n) is 3.49. The Bertz CT molecular complexity index is 1220. The molecule has 1 aliphatic rings. The molecule has 2 heterocycles. The number of imide groups is 1. The van der Waals surface area contributed by atoms with Crippen molar-refractivity contribution in [2.75, 3.05) is 11.9 Å². The quantitative estimate of drug-likeness (QED) is 0.457. The predicted octanol–water partition coefficient (Wildman–Crippen LogP) is 5.49. The summed E-state index contributed by atoms with van der Waals surface area (Å²) in [7, 11) is 0. The van der Waals surface area contributed by atoms with E-state index in [4.69, 9.17) is 0 Å². The zero-order valence-corrected chi connectivity index (χ0v) is 19.2. The maximum atomic E-state index is 12.9. The van der Waals surface area contributed by atoms with Gasteiger partial charge < -0.3 is 9.88 Å². The Morgan fingerprint density at radius 1 is 1.13 bits per heavy atom. The third-order valence-corrected chi connectivity index (χ3v) is 6.49. The lowest BCUT2D eigenvalue weighted by atomic mass is 10.1. The summed E-state index contributed by atoms with van der Waals surface area (Å²) in [5.41, 5.74) is 2.55. The average Bonchev–Trinajstić information content (AvgIpc) is 3.22. The van der Waals surface area contributed by atoms with Gasteiger partial charge in [-0.3, -0.25) is 19.3 Å². The second kappa shape index (κ2) is 9.11. The summed E-state index contributed by atoms with van der Waals surface area (Å²) in [6.07, 6.45) is 4.73. The molecule has 0 radical (unpaired) electrons. The van der Waals surface area contributed by atoms with Crippen molar-refractivity contribution >= 4 is 67.4 Å². The molecule has 158 valence electrons. The van der Waals surface area contributed by atoms with Crippen molar-refractivity contribution in [3.63, 3.8) is 0 Å². The van der Waals surface area contributed by atoms with Gasteiger partial charge >= 0.3 is 0 Å². The minimum atomic E-state index is -0.454. The molecule has 0 spiro atoms. The highest BCUT2D eigenvalue weighted by molar-refractivity contribution is 9.10. The Kier molecular flexibility index (Phi) is 6.29. The Labute approximate surface area is 192 Å². The largest absolute Gasteiger partial charge is 0.347 e. The fourth-order valence-corrected chi connectivity index (χ4v) is 4.70. The summed E-state index contributed by atoms with van der Waals surface area (Å²) in [6.45, 7) is 2.64. The fraction of sp³-hybridized carbons (Fsp3) is 0.174. The molecule has 0 unspecified atom stereocenters. The number of benzene rings is 2. The number of para-hydroxylation sites is 2. The molecule has 31 heavy (non-hydrogen) atoms. The van der Waals surface area contributed by atoms with Gasteiger partial charge in [-0.15, -0.1) is 0 Å². The topological polar surface area (TPSA) is 71.4 Å². The van der Waals surface area contributed by atoms with E-state index in [1.807, 2.05) is 36.5 Å². The van der Waals surface area contributed by atoms with E-state index in [9.17, 15) is 14.4 Å². The molecule has 0 atom stereocenters. The highest BCUT2D eigenvalue weighted by atomic mass is 79.9. The lowest BCUT2D eigenvalue weighted by molar-refractivity contribution is -0.127. The lowest BCUT2D eigenvalue weighted by Crippen LogP contribution is -2.36. The van der Waals surface area contributed by atoms with Crippen molar-refractivity contribution < 1.29 is 14.4 Å². The molecule has 2 aromatic carbocycles. The Hall–Kier alpha value is -2.84. The van der Waals surface area contributed by atoms with Crippen LogP contribution in [0.25, 0.3) is 17.0 Å². The van der Waals surface area contributed by atoms with E-state index in [-0.39, 0.29) is 6.54 Å². The maximum absolute atomic E-state index is 12.9. The molecule has 1 N–H and O–H groups in total. The first-order valence-electron chi connectivity index (χ1n) is 9.85. The van der Waals surface area contributed by atoms with Gasteiger partial charge in [0.1, 0.15) is 6.54 Å². The van der Waals surface area contributed by atoms with Crippen LogP contribution >= 0.6 is 27.7 Å². The monoisotopic (exact) mass is 497 g/mol. The summed E-state index contributed by atoms with van der Waals surface area (Å²) in [6, 6.07) is 15.1. The van der Waals surface area contributed by atoms with Crippen LogP contribution in [0.15, 0.2) is 64.1 Å². The predicted molar refractivity (Wildman–Crippen MR) is 128 cm³/mol. The highest BCUT2D eigenvalue weighted by Gasteiger charge is 2.36. The summed E-state index contributed by atoms with van der Waals surface area (Å²) in [4.78, 5) is 39.0. The van der Waals surface area contributed by atoms with Crippen molar-refractivity contribution in [2.45, 2.75) is 19.9 Å². The molecule has 1 saturated heterocycles. The number of thioether (sulfide) groups is 1. The van der Waals surface area contributed by atoms with Crippen molar-refractivity contribution in [1.82, 2.24) is 9.47 Å². The average molecular weight is 498 g/mol. The van der Waals surface area contributed by atoms with Crippen molar-refractivity contribution in [1.29, 1.82) is 0 Å². The highest BCUT2D eigenvalue weighted by Crippen LogP contribution is 2.34. The molecule has 3 aromatic rings. The Morgan fingerprint density at radius 2 is 1.87 bits per heavy atom. The Balaban J connectivity index is 1.55. The summed E-state index contributed by atoms with van der Waals surface area (Å²) >= 11 is 4.22. The van der Waals surface area contributed by atoms with Crippen LogP contribution in [0.5, 0.6) is 0 Å². The second-order valence-electron chi connectivity index (χ2n) is 7.09. The van der Waals surface area contributed by atoms with Gasteiger partial charge in [-0.2, -0.15) is 0 Å². The number of fused-ring (bicyclic) bond motifs is 1. The minimum Gasteiger partial charge on any atom is -0.347 e. The van der Waals surface area contributed by atoms with Crippen molar-refractivity contribution in [3.05, 3.63) is 69.7 Å². The van der Waals surface area contributed by atoms with Crippen LogP contribution in [0, 0.1) is 0 Å². The smallest absolute Gasteiger partial charge is 0.294 e. The third-order valence-electron chi connectivity index (χ3n) is 4.89. The molecular formula is C23H20BrN3O3S. The van der Waals surface area contributed by atoms with Gasteiger partial charge in [0.25, 0.3) is 11.1 Å². The van der Waals surface area contributed by atoms with E-state index < -0.39 is 17.1 Å². The second-order valence-corrected chi connectivity index (χ2v) is 8.94. The van der Waals surface area contributed by atoms with Gasteiger partial charge in [-0.1, -0.05) is 37.3 Å². The zero-order valence-electron chi connectivity index (χ0n) is 16.8. The number of hydrogen-bond acceptors (Lipinski definition) is 4. The first kappa shape index (κ1) is 21.4. The number of carbonyl (C=O) groups is 3. The zero-order chi connectivity index (χ0) is 22.0. The van der Waals surface area contributed by atoms with Crippen molar-refractivity contribution in [3.8, 4) is 0 Å². The standard InChI is InChI=1S/C23H20BrN3O3S/c1-2-11-26-13-15(16-7-3-6-10-19(16)26)12-20-22(29)27(23(30)31-20)14-21(28)25-18-9-5-4-8-17(18)24/h3-10,12-13H,2,11,14H2,1H3,(H,25,28)/b20-12-. The number of carbonyl (C=O) groups excluding carboxylic acids is 3. The van der Waals surface area contributed by atoms with Crippen LogP contribution in [0.4, 0.5) is 10.5 Å². The molecule has 1 aromatic heterocycles. The number of aryl methyl sites for hydroxylation is 1. The van der Waals surface area contributed by atoms with E-state index in [0.717, 1.165) is 50.6 Å². The van der Waals surface area contributed by atoms with Crippen LogP contribution in [0.3, 0.4) is 0 Å². The molecular weight excluding hydrogens is 478 g/mol. The van der Waals surface area contributed by atoms with E-state index >= 15 is 0 Å². The van der Waals surface area contributed by atoms with Crippen LogP contribution < -0.4 is 5.32 Å². The molecule has 4 rings (SSSR count). The van der Waals surface area contributed by atoms with E-state index in [0.29, 0.717) is 10.6 Å². The summed E-state index contributed by atoms with van der Waals surface area (Å²) in [5, 5.41) is 3.29. The summed E-state index contributed by atoms with van der Waals surface area (Å²) < 4.78 is 2.87. The minimum absolute atomic E-state index is 0.318. The SMILES string of the molecule is CCCn1cc(/C=C2\SC(=O)N(CC(=O)Nc3ccccc3Br)C2=O)c2ccccc21. The number of amides is 3. The first-order valence-corrected chi connectivity index (χ1v) is 11.5. The molecule has 0 saturated carbocycles. The van der Waals surface area contributed by atoms with Gasteiger partial charge in [-0.25, -0.2) is 0 Å². The van der Waals surface area contributed by atoms with E-state index in [1.54, 1.807) is 24.3 Å². The number of hydrogen-bond donors (Lipinski definition) is 1. The van der Waals surface area contributed by atoms with Crippen molar-refractivity contribution in [2.24, 2.45) is 0 Å². The summed E-state index contributed by atoms with van der Waals surface area (Å²) in [5.74, 6) is -0.889. The van der Waals surface area contributed by atoms with Gasteiger partial charge in [0.05, 0.1) is 10.6 Å². The molecule has 8 heteroatoms. The van der Waals surface area contributed by atoms with Gasteiger partial charge in [0.2, 0.25) is 5.91 Å². The van der Waals surface area contributed by atoms with Crippen LogP contribution in [0.1, 0.15) is 18.9 Å².